The molecule has 0 bridgehead atoms. The zero-order valence-corrected chi connectivity index (χ0v) is 10.8. The van der Waals surface area contributed by atoms with Gasteiger partial charge in [0.2, 0.25) is 5.92 Å². The number of rotatable bonds is 6. The molecule has 0 spiro atoms. The first-order valence-corrected chi connectivity index (χ1v) is 5.86. The number of amides is 1. The highest BCUT2D eigenvalue weighted by Gasteiger charge is 2.32. The molecule has 7 heteroatoms. The van der Waals surface area contributed by atoms with Crippen molar-refractivity contribution in [2.45, 2.75) is 31.9 Å². The molecule has 110 valence electrons. The number of carboxylic acid groups (broad SMARTS) is 1. The average Bonchev–Trinajstić information content (AvgIpc) is 2.35. The van der Waals surface area contributed by atoms with E-state index in [1.54, 1.807) is 30.3 Å². The smallest absolute Gasteiger partial charge is 0.408 e. The molecule has 1 unspecified atom stereocenters. The van der Waals surface area contributed by atoms with Gasteiger partial charge in [-0.25, -0.2) is 18.4 Å². The summed E-state index contributed by atoms with van der Waals surface area (Å²) in [7, 11) is 0. The van der Waals surface area contributed by atoms with E-state index in [2.05, 4.69) is 0 Å². The number of benzene rings is 1. The van der Waals surface area contributed by atoms with Crippen LogP contribution >= 0.6 is 0 Å². The van der Waals surface area contributed by atoms with Crippen LogP contribution in [0.2, 0.25) is 0 Å². The van der Waals surface area contributed by atoms with Gasteiger partial charge in [0.15, 0.2) is 0 Å². The second-order valence-electron chi connectivity index (χ2n) is 4.37. The summed E-state index contributed by atoms with van der Waals surface area (Å²) < 4.78 is 30.3. The highest BCUT2D eigenvalue weighted by atomic mass is 19.3. The topological polar surface area (TPSA) is 75.6 Å². The van der Waals surface area contributed by atoms with Crippen LogP contribution in [0.1, 0.15) is 18.9 Å². The van der Waals surface area contributed by atoms with E-state index in [0.29, 0.717) is 12.5 Å². The third kappa shape index (κ3) is 6.12. The van der Waals surface area contributed by atoms with Crippen molar-refractivity contribution >= 4 is 12.1 Å². The lowest BCUT2D eigenvalue weighted by Gasteiger charge is -2.18. The van der Waals surface area contributed by atoms with Crippen molar-refractivity contribution in [3.63, 3.8) is 0 Å². The molecule has 0 heterocycles. The number of nitrogens with one attached hydrogen (secondary N) is 1. The quantitative estimate of drug-likeness (QED) is 0.842. The lowest BCUT2D eigenvalue weighted by molar-refractivity contribution is -0.141. The fourth-order valence-corrected chi connectivity index (χ4v) is 1.47. The first-order chi connectivity index (χ1) is 9.28. The largest absolute Gasteiger partial charge is 0.480 e. The van der Waals surface area contributed by atoms with E-state index < -0.39 is 30.4 Å². The van der Waals surface area contributed by atoms with Gasteiger partial charge in [-0.1, -0.05) is 30.3 Å². The summed E-state index contributed by atoms with van der Waals surface area (Å²) in [5.41, 5.74) is 0.704. The average molecular weight is 287 g/mol. The van der Waals surface area contributed by atoms with Crippen molar-refractivity contribution in [2.75, 3.05) is 0 Å². The van der Waals surface area contributed by atoms with Crippen molar-refractivity contribution in [3.05, 3.63) is 35.9 Å². The Kier molecular flexibility index (Phi) is 5.42. The number of hydrogen-bond donors (Lipinski definition) is 2. The normalized spacial score (nSPS) is 12.6. The zero-order valence-electron chi connectivity index (χ0n) is 10.8. The number of alkyl carbamates (subject to hydrolysis) is 1. The zero-order chi connectivity index (χ0) is 15.2. The maximum absolute atomic E-state index is 12.8. The molecule has 1 amide bonds. The lowest BCUT2D eigenvalue weighted by atomic mass is 10.1. The molecule has 20 heavy (non-hydrogen) atoms. The standard InChI is InChI=1S/C13H15F2NO4/c1-13(14,15)7-10(11(17)18)16-12(19)20-8-9-5-3-2-4-6-9/h2-6,10H,7-8H2,1H3,(H,16,19)(H,17,18). The van der Waals surface area contributed by atoms with E-state index >= 15 is 0 Å². The predicted octanol–water partition coefficient (Wildman–Crippen LogP) is 2.41. The Morgan fingerprint density at radius 1 is 1.35 bits per heavy atom. The fraction of sp³-hybridized carbons (Fsp3) is 0.385. The summed E-state index contributed by atoms with van der Waals surface area (Å²) in [5.74, 6) is -4.74. The van der Waals surface area contributed by atoms with Crippen molar-refractivity contribution in [1.82, 2.24) is 5.32 Å². The van der Waals surface area contributed by atoms with E-state index in [0.717, 1.165) is 0 Å². The molecule has 1 aromatic rings. The molecule has 0 saturated carbocycles. The molecule has 0 aliphatic carbocycles. The Morgan fingerprint density at radius 3 is 2.45 bits per heavy atom. The number of carbonyl (C=O) groups excluding carboxylic acids is 1. The highest BCUT2D eigenvalue weighted by molar-refractivity contribution is 5.79. The maximum atomic E-state index is 12.8. The molecule has 0 radical (unpaired) electrons. The Hall–Kier alpha value is -2.18. The van der Waals surface area contributed by atoms with Crippen LogP contribution in [0.5, 0.6) is 0 Å². The van der Waals surface area contributed by atoms with Crippen LogP contribution in [-0.2, 0) is 16.1 Å². The first-order valence-electron chi connectivity index (χ1n) is 5.86. The summed E-state index contributed by atoms with van der Waals surface area (Å²) >= 11 is 0. The third-order valence-corrected chi connectivity index (χ3v) is 2.37. The van der Waals surface area contributed by atoms with Gasteiger partial charge >= 0.3 is 12.1 Å². The molecule has 0 aromatic heterocycles. The fourth-order valence-electron chi connectivity index (χ4n) is 1.47. The SMILES string of the molecule is CC(F)(F)CC(NC(=O)OCc1ccccc1)C(=O)O. The molecule has 0 aliphatic rings. The molecule has 0 aliphatic heterocycles. The number of aliphatic carboxylic acids is 1. The van der Waals surface area contributed by atoms with Crippen LogP contribution in [0.25, 0.3) is 0 Å². The van der Waals surface area contributed by atoms with Crippen LogP contribution in [0.3, 0.4) is 0 Å². The van der Waals surface area contributed by atoms with Gasteiger partial charge in [-0.3, -0.25) is 0 Å². The molecule has 1 atom stereocenters. The second-order valence-corrected chi connectivity index (χ2v) is 4.37. The number of carbonyl (C=O) groups is 2. The van der Waals surface area contributed by atoms with Crippen molar-refractivity contribution in [2.24, 2.45) is 0 Å². The third-order valence-electron chi connectivity index (χ3n) is 2.37. The first kappa shape index (κ1) is 15.9. The number of halogens is 2. The summed E-state index contributed by atoms with van der Waals surface area (Å²) in [4.78, 5) is 22.2. The van der Waals surface area contributed by atoms with Crippen LogP contribution < -0.4 is 5.32 Å². The summed E-state index contributed by atoms with van der Waals surface area (Å²) in [6.45, 7) is 0.515. The Balaban J connectivity index is 2.48. The van der Waals surface area contributed by atoms with Crippen LogP contribution in [0.15, 0.2) is 30.3 Å². The van der Waals surface area contributed by atoms with Gasteiger partial charge in [0.1, 0.15) is 12.6 Å². The van der Waals surface area contributed by atoms with Crippen LogP contribution in [0, 0.1) is 0 Å². The second kappa shape index (κ2) is 6.83. The van der Waals surface area contributed by atoms with Gasteiger partial charge in [-0.15, -0.1) is 0 Å². The monoisotopic (exact) mass is 287 g/mol. The van der Waals surface area contributed by atoms with Crippen molar-refractivity contribution in [3.8, 4) is 0 Å². The molecule has 0 fully saturated rings. The number of alkyl halides is 2. The Labute approximate surface area is 114 Å². The molecular weight excluding hydrogens is 272 g/mol. The van der Waals surface area contributed by atoms with Crippen LogP contribution in [-0.4, -0.2) is 29.1 Å². The Bertz CT molecular complexity index is 459. The molecule has 5 nitrogen and oxygen atoms in total. The summed E-state index contributed by atoms with van der Waals surface area (Å²) in [6, 6.07) is 7.00. The molecule has 0 saturated heterocycles. The summed E-state index contributed by atoms with van der Waals surface area (Å²) in [6.07, 6.45) is -2.05. The molecule has 1 rings (SSSR count). The van der Waals surface area contributed by atoms with Crippen molar-refractivity contribution in [1.29, 1.82) is 0 Å². The molecule has 2 N–H and O–H groups in total. The van der Waals surface area contributed by atoms with E-state index in [9.17, 15) is 18.4 Å². The van der Waals surface area contributed by atoms with Gasteiger partial charge in [0.25, 0.3) is 0 Å². The molecule has 1 aromatic carbocycles. The van der Waals surface area contributed by atoms with Crippen LogP contribution in [0.4, 0.5) is 13.6 Å². The lowest BCUT2D eigenvalue weighted by Crippen LogP contribution is -2.44. The number of ether oxygens (including phenoxy) is 1. The van der Waals surface area contributed by atoms with Gasteiger partial charge in [0.05, 0.1) is 0 Å². The van der Waals surface area contributed by atoms with E-state index in [-0.39, 0.29) is 6.61 Å². The predicted molar refractivity (Wildman–Crippen MR) is 66.4 cm³/mol. The van der Waals surface area contributed by atoms with Gasteiger partial charge in [0, 0.05) is 6.42 Å². The van der Waals surface area contributed by atoms with E-state index in [1.165, 1.54) is 0 Å². The number of carboxylic acids is 1. The van der Waals surface area contributed by atoms with Gasteiger partial charge in [-0.05, 0) is 12.5 Å². The van der Waals surface area contributed by atoms with E-state index in [4.69, 9.17) is 9.84 Å². The van der Waals surface area contributed by atoms with E-state index in [1.807, 2.05) is 5.32 Å². The Morgan fingerprint density at radius 2 is 1.95 bits per heavy atom. The van der Waals surface area contributed by atoms with Crippen molar-refractivity contribution < 1.29 is 28.2 Å². The van der Waals surface area contributed by atoms with Gasteiger partial charge in [-0.2, -0.15) is 0 Å². The maximum Gasteiger partial charge on any atom is 0.408 e. The highest BCUT2D eigenvalue weighted by Crippen LogP contribution is 2.19. The molecular formula is C13H15F2NO4. The minimum atomic E-state index is -3.20. The number of hydrogen-bond acceptors (Lipinski definition) is 3. The minimum absolute atomic E-state index is 0.0679. The summed E-state index contributed by atoms with van der Waals surface area (Å²) in [5, 5.41) is 10.7. The minimum Gasteiger partial charge on any atom is -0.480 e. The van der Waals surface area contributed by atoms with Gasteiger partial charge < -0.3 is 15.2 Å².